The number of hydrogen-bond donors (Lipinski definition) is 1. The van der Waals surface area contributed by atoms with Gasteiger partial charge in [-0.25, -0.2) is 8.42 Å². The van der Waals surface area contributed by atoms with E-state index in [1.807, 2.05) is 0 Å². The fourth-order valence-electron chi connectivity index (χ4n) is 3.83. The van der Waals surface area contributed by atoms with Crippen molar-refractivity contribution in [1.82, 2.24) is 14.5 Å². The Morgan fingerprint density at radius 2 is 2.08 bits per heavy atom. The van der Waals surface area contributed by atoms with Gasteiger partial charge in [-0.15, -0.1) is 11.3 Å². The van der Waals surface area contributed by atoms with Crippen molar-refractivity contribution in [2.24, 2.45) is 5.92 Å². The van der Waals surface area contributed by atoms with E-state index in [1.54, 1.807) is 17.5 Å². The van der Waals surface area contributed by atoms with Gasteiger partial charge in [-0.1, -0.05) is 6.07 Å². The van der Waals surface area contributed by atoms with Gasteiger partial charge < -0.3 is 10.2 Å². The molecular weight excluding hydrogens is 370 g/mol. The van der Waals surface area contributed by atoms with Crippen LogP contribution in [0.4, 0.5) is 0 Å². The van der Waals surface area contributed by atoms with Crippen LogP contribution in [0.3, 0.4) is 0 Å². The molecule has 0 bridgehead atoms. The number of hydrogen-bond acceptors (Lipinski definition) is 5. The Morgan fingerprint density at radius 3 is 2.77 bits per heavy atom. The zero-order valence-corrected chi connectivity index (χ0v) is 17.0. The second kappa shape index (κ2) is 8.82. The van der Waals surface area contributed by atoms with E-state index in [0.717, 1.165) is 32.4 Å². The highest BCUT2D eigenvalue weighted by Crippen LogP contribution is 2.26. The first kappa shape index (κ1) is 19.8. The normalized spacial score (nSPS) is 23.8. The Balaban J connectivity index is 1.48. The minimum absolute atomic E-state index is 0.00954. The minimum atomic E-state index is -3.46. The highest BCUT2D eigenvalue weighted by atomic mass is 32.2. The fourth-order valence-corrected chi connectivity index (χ4v) is 6.49. The standard InChI is InChI=1S/C18H29N3O3S2/c1-15(20-10-2-3-11-20)8-9-19-18(22)16-6-4-12-21(14-16)26(23,24)17-7-5-13-25-17/h5,7,13,15-16H,2-4,6,8-12,14H2,1H3,(H,19,22)/t15-,16+/m1/s1. The number of piperidine rings is 1. The van der Waals surface area contributed by atoms with E-state index < -0.39 is 10.0 Å². The van der Waals surface area contributed by atoms with Crippen LogP contribution >= 0.6 is 11.3 Å². The zero-order chi connectivity index (χ0) is 18.6. The van der Waals surface area contributed by atoms with E-state index in [2.05, 4.69) is 17.1 Å². The number of likely N-dealkylation sites (tertiary alicyclic amines) is 1. The van der Waals surface area contributed by atoms with Crippen molar-refractivity contribution in [1.29, 1.82) is 0 Å². The van der Waals surface area contributed by atoms with Crippen molar-refractivity contribution < 1.29 is 13.2 Å². The van der Waals surface area contributed by atoms with Gasteiger partial charge in [0.05, 0.1) is 5.92 Å². The van der Waals surface area contributed by atoms with Gasteiger partial charge in [0.15, 0.2) is 0 Å². The van der Waals surface area contributed by atoms with E-state index >= 15 is 0 Å². The third kappa shape index (κ3) is 4.65. The summed E-state index contributed by atoms with van der Waals surface area (Å²) in [6.07, 6.45) is 4.97. The van der Waals surface area contributed by atoms with Crippen molar-refractivity contribution in [3.05, 3.63) is 17.5 Å². The van der Waals surface area contributed by atoms with Gasteiger partial charge in [-0.2, -0.15) is 4.31 Å². The number of nitrogens with one attached hydrogen (secondary N) is 1. The van der Waals surface area contributed by atoms with Gasteiger partial charge in [-0.3, -0.25) is 4.79 Å². The Morgan fingerprint density at radius 1 is 1.31 bits per heavy atom. The van der Waals surface area contributed by atoms with Crippen molar-refractivity contribution >= 4 is 27.3 Å². The number of carbonyl (C=O) groups excluding carboxylic acids is 1. The van der Waals surface area contributed by atoms with Crippen molar-refractivity contribution in [2.75, 3.05) is 32.7 Å². The lowest BCUT2D eigenvalue weighted by Crippen LogP contribution is -2.45. The van der Waals surface area contributed by atoms with Crippen LogP contribution in [-0.2, 0) is 14.8 Å². The summed E-state index contributed by atoms with van der Waals surface area (Å²) in [5.74, 6) is -0.259. The van der Waals surface area contributed by atoms with Gasteiger partial charge in [-0.05, 0) is 63.6 Å². The van der Waals surface area contributed by atoms with Crippen molar-refractivity contribution in [3.63, 3.8) is 0 Å². The first-order valence-corrected chi connectivity index (χ1v) is 11.9. The maximum Gasteiger partial charge on any atom is 0.252 e. The van der Waals surface area contributed by atoms with Gasteiger partial charge in [0.1, 0.15) is 4.21 Å². The lowest BCUT2D eigenvalue weighted by Gasteiger charge is -2.31. The van der Waals surface area contributed by atoms with Gasteiger partial charge in [0.25, 0.3) is 10.0 Å². The molecule has 3 heterocycles. The molecular formula is C18H29N3O3S2. The molecule has 2 atom stereocenters. The van der Waals surface area contributed by atoms with E-state index in [4.69, 9.17) is 0 Å². The third-order valence-electron chi connectivity index (χ3n) is 5.47. The maximum absolute atomic E-state index is 12.7. The molecule has 2 fully saturated rings. The van der Waals surface area contributed by atoms with Gasteiger partial charge in [0, 0.05) is 25.7 Å². The SMILES string of the molecule is C[C@H](CCNC(=O)[C@H]1CCCN(S(=O)(=O)c2cccs2)C1)N1CCCC1. The molecule has 2 aliphatic rings. The van der Waals surface area contributed by atoms with Crippen LogP contribution in [0.1, 0.15) is 39.0 Å². The Hall–Kier alpha value is -0.960. The highest BCUT2D eigenvalue weighted by Gasteiger charge is 2.33. The molecule has 2 saturated heterocycles. The molecule has 1 aromatic heterocycles. The Labute approximate surface area is 160 Å². The molecule has 0 spiro atoms. The summed E-state index contributed by atoms with van der Waals surface area (Å²) in [7, 11) is -3.46. The summed E-state index contributed by atoms with van der Waals surface area (Å²) in [4.78, 5) is 15.0. The molecule has 146 valence electrons. The molecule has 1 N–H and O–H groups in total. The zero-order valence-electron chi connectivity index (χ0n) is 15.4. The number of rotatable bonds is 7. The van der Waals surface area contributed by atoms with Crippen LogP contribution in [0.25, 0.3) is 0 Å². The fraction of sp³-hybridized carbons (Fsp3) is 0.722. The monoisotopic (exact) mass is 399 g/mol. The third-order valence-corrected chi connectivity index (χ3v) is 8.71. The van der Waals surface area contributed by atoms with E-state index in [0.29, 0.717) is 23.3 Å². The van der Waals surface area contributed by atoms with Gasteiger partial charge >= 0.3 is 0 Å². The number of amides is 1. The number of sulfonamides is 1. The number of thiophene rings is 1. The average molecular weight is 400 g/mol. The van der Waals surface area contributed by atoms with Crippen LogP contribution in [0.15, 0.2) is 21.7 Å². The smallest absolute Gasteiger partial charge is 0.252 e. The molecule has 0 aliphatic carbocycles. The largest absolute Gasteiger partial charge is 0.356 e. The highest BCUT2D eigenvalue weighted by molar-refractivity contribution is 7.91. The first-order chi connectivity index (χ1) is 12.5. The molecule has 26 heavy (non-hydrogen) atoms. The summed E-state index contributed by atoms with van der Waals surface area (Å²) >= 11 is 1.23. The van der Waals surface area contributed by atoms with Crippen molar-refractivity contribution in [2.45, 2.75) is 49.3 Å². The quantitative estimate of drug-likeness (QED) is 0.763. The Kier molecular flexibility index (Phi) is 6.71. The van der Waals surface area contributed by atoms with E-state index in [1.165, 1.54) is 28.5 Å². The molecule has 1 amide bonds. The first-order valence-electron chi connectivity index (χ1n) is 9.54. The van der Waals surface area contributed by atoms with Gasteiger partial charge in [0.2, 0.25) is 5.91 Å². The molecule has 0 unspecified atom stereocenters. The van der Waals surface area contributed by atoms with Crippen LogP contribution < -0.4 is 5.32 Å². The average Bonchev–Trinajstić information content (AvgIpc) is 3.35. The molecule has 8 heteroatoms. The molecule has 1 aromatic rings. The second-order valence-corrected chi connectivity index (χ2v) is 10.4. The molecule has 2 aliphatic heterocycles. The molecule has 0 aromatic carbocycles. The van der Waals surface area contributed by atoms with E-state index in [9.17, 15) is 13.2 Å². The minimum Gasteiger partial charge on any atom is -0.356 e. The summed E-state index contributed by atoms with van der Waals surface area (Å²) < 4.78 is 27.2. The molecule has 6 nitrogen and oxygen atoms in total. The molecule has 0 radical (unpaired) electrons. The lowest BCUT2D eigenvalue weighted by molar-refractivity contribution is -0.126. The van der Waals surface area contributed by atoms with Crippen molar-refractivity contribution in [3.8, 4) is 0 Å². The molecule has 0 saturated carbocycles. The van der Waals surface area contributed by atoms with Crippen LogP contribution in [-0.4, -0.2) is 62.3 Å². The number of carbonyl (C=O) groups is 1. The van der Waals surface area contributed by atoms with E-state index in [-0.39, 0.29) is 18.4 Å². The summed E-state index contributed by atoms with van der Waals surface area (Å²) in [5, 5.41) is 4.80. The summed E-state index contributed by atoms with van der Waals surface area (Å²) in [6, 6.07) is 3.86. The summed E-state index contributed by atoms with van der Waals surface area (Å²) in [6.45, 7) is 5.97. The van der Waals surface area contributed by atoms with Crippen LogP contribution in [0.5, 0.6) is 0 Å². The van der Waals surface area contributed by atoms with Crippen LogP contribution in [0.2, 0.25) is 0 Å². The van der Waals surface area contributed by atoms with Crippen LogP contribution in [0, 0.1) is 5.92 Å². The number of nitrogens with zero attached hydrogens (tertiary/aromatic N) is 2. The maximum atomic E-state index is 12.7. The summed E-state index contributed by atoms with van der Waals surface area (Å²) in [5.41, 5.74) is 0. The lowest BCUT2D eigenvalue weighted by atomic mass is 9.99. The molecule has 3 rings (SSSR count). The predicted molar refractivity (Wildman–Crippen MR) is 104 cm³/mol. The second-order valence-electron chi connectivity index (χ2n) is 7.31. The predicted octanol–water partition coefficient (Wildman–Crippen LogP) is 2.14. The topological polar surface area (TPSA) is 69.7 Å². The Bertz CT molecular complexity index is 685.